The van der Waals surface area contributed by atoms with E-state index in [4.69, 9.17) is 4.74 Å². The molecule has 3 atom stereocenters. The lowest BCUT2D eigenvalue weighted by molar-refractivity contribution is -0.165. The van der Waals surface area contributed by atoms with Crippen LogP contribution >= 0.6 is 11.8 Å². The maximum atomic E-state index is 12.8. The fourth-order valence-electron chi connectivity index (χ4n) is 3.15. The van der Waals surface area contributed by atoms with Gasteiger partial charge in [-0.1, -0.05) is 18.2 Å². The summed E-state index contributed by atoms with van der Waals surface area (Å²) in [4.78, 5) is 27.3. The highest BCUT2D eigenvalue weighted by molar-refractivity contribution is 8.00. The molecule has 4 N–H and O–H groups in total. The Kier molecular flexibility index (Phi) is 4.52. The summed E-state index contributed by atoms with van der Waals surface area (Å²) in [6.45, 7) is 1.47. The lowest BCUT2D eigenvalue weighted by Gasteiger charge is -2.45. The second kappa shape index (κ2) is 6.36. The molecule has 1 saturated heterocycles. The van der Waals surface area contributed by atoms with Crippen molar-refractivity contribution in [2.75, 3.05) is 13.4 Å². The summed E-state index contributed by atoms with van der Waals surface area (Å²) in [7, 11) is 1.38. The highest BCUT2D eigenvalue weighted by atomic mass is 32.2. The first-order chi connectivity index (χ1) is 11.9. The molecule has 0 saturated carbocycles. The number of aliphatic hydroxyl groups is 1. The molecule has 0 unspecified atom stereocenters. The Morgan fingerprint density at radius 2 is 1.96 bits per heavy atom. The fraction of sp³-hybridized carbons (Fsp3) is 0.412. The van der Waals surface area contributed by atoms with Crippen LogP contribution in [0, 0.1) is 0 Å². The number of ether oxygens (including phenoxy) is 1. The summed E-state index contributed by atoms with van der Waals surface area (Å²) >= 11 is 1.08. The number of hydrogen-bond acceptors (Lipinski definition) is 5. The molecule has 2 aromatic rings. The number of carbonyl (C=O) groups is 2. The standard InChI is InChI=1S/C17H21N3O4S/c1-10(21)17(25-3)15(23)19-16(24-2,14(22)20-17)8-11-9-18-13-7-5-4-6-12(11)13/h4-7,9-10,18,21H,8H2,1-3H3,(H,19,23)(H,20,22)/t10-,16-,17-/m0/s1. The van der Waals surface area contributed by atoms with Crippen LogP contribution in [0.5, 0.6) is 0 Å². The first-order valence-electron chi connectivity index (χ1n) is 7.87. The quantitative estimate of drug-likeness (QED) is 0.627. The molecule has 1 aromatic carbocycles. The van der Waals surface area contributed by atoms with Gasteiger partial charge in [0, 0.05) is 30.6 Å². The summed E-state index contributed by atoms with van der Waals surface area (Å²) in [5.41, 5.74) is 0.256. The van der Waals surface area contributed by atoms with Crippen LogP contribution in [-0.4, -0.2) is 52.0 Å². The summed E-state index contributed by atoms with van der Waals surface area (Å²) in [6, 6.07) is 7.70. The van der Waals surface area contributed by atoms with E-state index in [0.717, 1.165) is 28.2 Å². The molecule has 1 fully saturated rings. The maximum Gasteiger partial charge on any atom is 0.275 e. The molecule has 25 heavy (non-hydrogen) atoms. The first-order valence-corrected chi connectivity index (χ1v) is 9.09. The number of amides is 2. The Balaban J connectivity index is 1.96. The maximum absolute atomic E-state index is 12.8. The smallest absolute Gasteiger partial charge is 0.275 e. The molecule has 1 aromatic heterocycles. The number of methoxy groups -OCH3 is 1. The Bertz CT molecular complexity index is 821. The predicted molar refractivity (Wildman–Crippen MR) is 96.0 cm³/mol. The van der Waals surface area contributed by atoms with Crippen molar-refractivity contribution in [2.24, 2.45) is 0 Å². The molecule has 0 aliphatic carbocycles. The predicted octanol–water partition coefficient (Wildman–Crippen LogP) is 0.739. The number of aromatic nitrogens is 1. The molecule has 2 amide bonds. The van der Waals surface area contributed by atoms with Crippen LogP contribution in [0.25, 0.3) is 10.9 Å². The fourth-order valence-corrected chi connectivity index (χ4v) is 3.93. The van der Waals surface area contributed by atoms with E-state index in [-0.39, 0.29) is 6.42 Å². The molecule has 0 bridgehead atoms. The van der Waals surface area contributed by atoms with Crippen molar-refractivity contribution in [1.29, 1.82) is 0 Å². The monoisotopic (exact) mass is 363 g/mol. The summed E-state index contributed by atoms with van der Waals surface area (Å²) in [6.07, 6.45) is 2.56. The van der Waals surface area contributed by atoms with Crippen LogP contribution in [0.4, 0.5) is 0 Å². The highest BCUT2D eigenvalue weighted by Gasteiger charge is 2.56. The van der Waals surface area contributed by atoms with Gasteiger partial charge < -0.3 is 25.5 Å². The van der Waals surface area contributed by atoms with Crippen molar-refractivity contribution in [1.82, 2.24) is 15.6 Å². The van der Waals surface area contributed by atoms with E-state index in [2.05, 4.69) is 15.6 Å². The molecule has 0 spiro atoms. The van der Waals surface area contributed by atoms with E-state index in [0.29, 0.717) is 0 Å². The van der Waals surface area contributed by atoms with E-state index in [9.17, 15) is 14.7 Å². The van der Waals surface area contributed by atoms with Crippen LogP contribution in [-0.2, 0) is 20.7 Å². The molecular formula is C17H21N3O4S. The number of aliphatic hydroxyl groups excluding tert-OH is 1. The van der Waals surface area contributed by atoms with Gasteiger partial charge in [0.25, 0.3) is 11.8 Å². The topological polar surface area (TPSA) is 103 Å². The van der Waals surface area contributed by atoms with Gasteiger partial charge in [-0.25, -0.2) is 0 Å². The second-order valence-electron chi connectivity index (χ2n) is 6.09. The number of hydrogen-bond donors (Lipinski definition) is 4. The van der Waals surface area contributed by atoms with Crippen LogP contribution in [0.1, 0.15) is 12.5 Å². The minimum absolute atomic E-state index is 0.162. The lowest BCUT2D eigenvalue weighted by atomic mass is 9.96. The van der Waals surface area contributed by atoms with Gasteiger partial charge in [0.05, 0.1) is 6.10 Å². The number of fused-ring (bicyclic) bond motifs is 1. The van der Waals surface area contributed by atoms with Crippen molar-refractivity contribution < 1.29 is 19.4 Å². The van der Waals surface area contributed by atoms with E-state index in [1.807, 2.05) is 24.3 Å². The minimum Gasteiger partial charge on any atom is -0.389 e. The van der Waals surface area contributed by atoms with Gasteiger partial charge in [0.2, 0.25) is 5.72 Å². The zero-order valence-corrected chi connectivity index (χ0v) is 15.1. The Labute approximate surface area is 149 Å². The van der Waals surface area contributed by atoms with Gasteiger partial charge in [0.15, 0.2) is 4.87 Å². The minimum atomic E-state index is -1.53. The number of piperazine rings is 1. The Morgan fingerprint density at radius 1 is 1.24 bits per heavy atom. The van der Waals surface area contributed by atoms with Crippen LogP contribution < -0.4 is 10.6 Å². The molecule has 8 heteroatoms. The second-order valence-corrected chi connectivity index (χ2v) is 7.14. The third-order valence-electron chi connectivity index (χ3n) is 4.69. The number of rotatable bonds is 5. The van der Waals surface area contributed by atoms with Gasteiger partial charge in [0.1, 0.15) is 0 Å². The number of para-hydroxylation sites is 1. The summed E-state index contributed by atoms with van der Waals surface area (Å²) in [5, 5.41) is 16.3. The largest absolute Gasteiger partial charge is 0.389 e. The molecule has 0 radical (unpaired) electrons. The molecule has 134 valence electrons. The summed E-state index contributed by atoms with van der Waals surface area (Å²) < 4.78 is 5.45. The Morgan fingerprint density at radius 3 is 2.60 bits per heavy atom. The molecule has 1 aliphatic heterocycles. The van der Waals surface area contributed by atoms with Crippen molar-refractivity contribution in [3.63, 3.8) is 0 Å². The normalized spacial score (nSPS) is 27.8. The van der Waals surface area contributed by atoms with Gasteiger partial charge in [-0.2, -0.15) is 0 Å². The highest BCUT2D eigenvalue weighted by Crippen LogP contribution is 2.32. The van der Waals surface area contributed by atoms with Crippen molar-refractivity contribution in [2.45, 2.75) is 30.0 Å². The molecule has 3 rings (SSSR count). The van der Waals surface area contributed by atoms with E-state index >= 15 is 0 Å². The first kappa shape index (κ1) is 17.8. The molecule has 1 aliphatic rings. The zero-order chi connectivity index (χ0) is 18.2. The van der Waals surface area contributed by atoms with Crippen LogP contribution in [0.15, 0.2) is 30.5 Å². The SMILES string of the molecule is CO[C@]1(Cc2c[nH]c3ccccc23)NC(=O)[C@@](SC)([C@H](C)O)NC1=O. The average molecular weight is 363 g/mol. The van der Waals surface area contributed by atoms with Gasteiger partial charge in [-0.15, -0.1) is 11.8 Å². The van der Waals surface area contributed by atoms with E-state index < -0.39 is 28.5 Å². The Hall–Kier alpha value is -2.03. The number of nitrogens with one attached hydrogen (secondary N) is 3. The van der Waals surface area contributed by atoms with Gasteiger partial charge in [-0.05, 0) is 24.8 Å². The molecule has 2 heterocycles. The molecule has 7 nitrogen and oxygen atoms in total. The van der Waals surface area contributed by atoms with Gasteiger partial charge >= 0.3 is 0 Å². The van der Waals surface area contributed by atoms with Crippen LogP contribution in [0.2, 0.25) is 0 Å². The number of aromatic amines is 1. The lowest BCUT2D eigenvalue weighted by Crippen LogP contribution is -2.77. The number of H-pyrrole nitrogens is 1. The van der Waals surface area contributed by atoms with Crippen molar-refractivity contribution >= 4 is 34.5 Å². The number of benzene rings is 1. The van der Waals surface area contributed by atoms with E-state index in [1.165, 1.54) is 14.0 Å². The van der Waals surface area contributed by atoms with Crippen LogP contribution in [0.3, 0.4) is 0 Å². The van der Waals surface area contributed by atoms with Gasteiger partial charge in [-0.3, -0.25) is 9.59 Å². The summed E-state index contributed by atoms with van der Waals surface area (Å²) in [5.74, 6) is -0.980. The molecular weight excluding hydrogens is 342 g/mol. The van der Waals surface area contributed by atoms with E-state index in [1.54, 1.807) is 12.5 Å². The number of carbonyl (C=O) groups excluding carboxylic acids is 2. The third kappa shape index (κ3) is 2.70. The van der Waals surface area contributed by atoms with Crippen molar-refractivity contribution in [3.8, 4) is 0 Å². The van der Waals surface area contributed by atoms with Crippen molar-refractivity contribution in [3.05, 3.63) is 36.0 Å². The average Bonchev–Trinajstić information content (AvgIpc) is 3.00. The number of thioether (sulfide) groups is 1. The third-order valence-corrected chi connectivity index (χ3v) is 5.96. The zero-order valence-electron chi connectivity index (χ0n) is 14.3.